The van der Waals surface area contributed by atoms with Gasteiger partial charge in [-0.2, -0.15) is 0 Å². The van der Waals surface area contributed by atoms with Gasteiger partial charge in [-0.05, 0) is 105 Å². The molecule has 2 aromatic rings. The highest BCUT2D eigenvalue weighted by atomic mass is 32.2. The van der Waals surface area contributed by atoms with E-state index >= 15 is 0 Å². The van der Waals surface area contributed by atoms with E-state index in [1.54, 1.807) is 25.2 Å². The van der Waals surface area contributed by atoms with Gasteiger partial charge in [0.1, 0.15) is 15.7 Å². The molecule has 52 heavy (non-hydrogen) atoms. The van der Waals surface area contributed by atoms with E-state index in [2.05, 4.69) is 51.3 Å². The van der Waals surface area contributed by atoms with E-state index in [0.29, 0.717) is 43.5 Å². The molecule has 1 N–H and O–H groups in total. The van der Waals surface area contributed by atoms with Crippen LogP contribution in [0.5, 0.6) is 5.75 Å². The second-order valence-electron chi connectivity index (χ2n) is 16.8. The molecule has 2 bridgehead atoms. The summed E-state index contributed by atoms with van der Waals surface area (Å²) in [6.07, 6.45) is 12.3. The van der Waals surface area contributed by atoms with E-state index in [1.807, 2.05) is 19.1 Å². The second-order valence-corrected chi connectivity index (χ2v) is 18.9. The number of methoxy groups -OCH3 is 2. The number of amides is 3. The Bertz CT molecular complexity index is 1870. The summed E-state index contributed by atoms with van der Waals surface area (Å²) in [6, 6.07) is 11.9. The van der Waals surface area contributed by atoms with Gasteiger partial charge in [0.15, 0.2) is 0 Å². The molecule has 3 heterocycles. The van der Waals surface area contributed by atoms with Gasteiger partial charge in [0.2, 0.25) is 0 Å². The number of rotatable bonds is 3. The number of anilines is 1. The van der Waals surface area contributed by atoms with E-state index in [1.165, 1.54) is 16.7 Å². The van der Waals surface area contributed by atoms with Gasteiger partial charge in [-0.3, -0.25) is 9.52 Å². The number of urea groups is 1. The van der Waals surface area contributed by atoms with E-state index in [9.17, 15) is 13.8 Å². The minimum atomic E-state index is -3.46. The minimum absolute atomic E-state index is 0.0292. The van der Waals surface area contributed by atoms with Crippen LogP contribution >= 0.6 is 0 Å². The summed E-state index contributed by atoms with van der Waals surface area (Å²) >= 11 is 0. The van der Waals surface area contributed by atoms with Crippen molar-refractivity contribution >= 4 is 27.5 Å². The Morgan fingerprint density at radius 1 is 1.08 bits per heavy atom. The number of ether oxygens (including phenoxy) is 3. The van der Waals surface area contributed by atoms with Gasteiger partial charge >= 0.3 is 6.03 Å². The Balaban J connectivity index is 1.14. The Morgan fingerprint density at radius 2 is 1.90 bits per heavy atom. The van der Waals surface area contributed by atoms with Gasteiger partial charge in [0.25, 0.3) is 5.91 Å². The highest BCUT2D eigenvalue weighted by Crippen LogP contribution is 2.50. The summed E-state index contributed by atoms with van der Waals surface area (Å²) in [4.78, 5) is 31.7. The Morgan fingerprint density at radius 3 is 2.65 bits per heavy atom. The van der Waals surface area contributed by atoms with Crippen molar-refractivity contribution in [2.45, 2.75) is 82.8 Å². The Labute approximate surface area is 308 Å². The lowest BCUT2D eigenvalue weighted by Gasteiger charge is -2.58. The minimum Gasteiger partial charge on any atom is -0.490 e. The summed E-state index contributed by atoms with van der Waals surface area (Å²) in [5.74, 6) is 0.895. The molecular weight excluding hydrogens is 677 g/mol. The summed E-state index contributed by atoms with van der Waals surface area (Å²) in [7, 11) is 0.0517. The van der Waals surface area contributed by atoms with Crippen molar-refractivity contribution in [2.75, 3.05) is 57.7 Å². The van der Waals surface area contributed by atoms with Gasteiger partial charge in [-0.15, -0.1) is 4.36 Å². The fourth-order valence-corrected chi connectivity index (χ4v) is 11.9. The monoisotopic (exact) mass is 730 g/mol. The molecule has 10 nitrogen and oxygen atoms in total. The third kappa shape index (κ3) is 6.66. The van der Waals surface area contributed by atoms with Crippen molar-refractivity contribution in [1.82, 2.24) is 9.62 Å². The average molecular weight is 731 g/mol. The maximum Gasteiger partial charge on any atom is 0.329 e. The van der Waals surface area contributed by atoms with Crippen LogP contribution in [0.25, 0.3) is 0 Å². The number of fused-ring (bicyclic) bond motifs is 4. The molecular formula is C41H54N4O6S. The number of likely N-dealkylation sites (tertiary alicyclic amines) is 1. The molecule has 2 spiro atoms. The first-order chi connectivity index (χ1) is 25.0. The number of benzene rings is 2. The van der Waals surface area contributed by atoms with Crippen LogP contribution in [-0.4, -0.2) is 86.0 Å². The van der Waals surface area contributed by atoms with E-state index in [-0.39, 0.29) is 34.7 Å². The van der Waals surface area contributed by atoms with Gasteiger partial charge in [0.05, 0.1) is 30.3 Å². The number of nitrogens with zero attached hydrogens (tertiary/aromatic N) is 3. The van der Waals surface area contributed by atoms with E-state index in [4.69, 9.17) is 14.2 Å². The largest absolute Gasteiger partial charge is 0.490 e. The molecule has 3 fully saturated rings. The zero-order valence-electron chi connectivity index (χ0n) is 31.1. The molecule has 1 unspecified atom stereocenters. The Hall–Kier alpha value is -3.41. The molecule has 2 saturated carbocycles. The third-order valence-corrected chi connectivity index (χ3v) is 14.9. The van der Waals surface area contributed by atoms with Gasteiger partial charge < -0.3 is 24.0 Å². The molecule has 0 radical (unpaired) electrons. The number of hydrogen-bond acceptors (Lipinski definition) is 7. The molecule has 6 aliphatic rings. The lowest BCUT2D eigenvalue weighted by Crippen LogP contribution is -2.67. The van der Waals surface area contributed by atoms with Crippen LogP contribution in [0, 0.1) is 30.1 Å². The average Bonchev–Trinajstić information content (AvgIpc) is 3.21. The first kappa shape index (κ1) is 35.6. The lowest BCUT2D eigenvalue weighted by atomic mass is 9.62. The van der Waals surface area contributed by atoms with Crippen LogP contribution in [0.3, 0.4) is 0 Å². The third-order valence-electron chi connectivity index (χ3n) is 12.9. The van der Waals surface area contributed by atoms with Gasteiger partial charge in [0, 0.05) is 56.8 Å². The van der Waals surface area contributed by atoms with Crippen molar-refractivity contribution in [2.24, 2.45) is 27.5 Å². The topological polar surface area (TPSA) is 110 Å². The van der Waals surface area contributed by atoms with Crippen molar-refractivity contribution in [3.8, 4) is 5.75 Å². The second kappa shape index (κ2) is 13.8. The molecule has 3 amide bonds. The first-order valence-electron chi connectivity index (χ1n) is 19.2. The number of carbonyl (C=O) groups is 2. The molecule has 280 valence electrons. The normalized spacial score (nSPS) is 33.3. The fourth-order valence-electron chi connectivity index (χ4n) is 9.97. The maximum absolute atomic E-state index is 14.6. The number of allylic oxidation sites excluding steroid dienone is 1. The fraction of sp³-hybridized carbons (Fsp3) is 0.610. The lowest BCUT2D eigenvalue weighted by molar-refractivity contribution is -0.124. The molecule has 3 aliphatic heterocycles. The molecule has 2 aromatic carbocycles. The van der Waals surface area contributed by atoms with Crippen LogP contribution in [0.15, 0.2) is 52.9 Å². The molecule has 0 aromatic heterocycles. The molecule has 3 aliphatic carbocycles. The zero-order valence-corrected chi connectivity index (χ0v) is 31.9. The highest BCUT2D eigenvalue weighted by molar-refractivity contribution is 7.92. The predicted octanol–water partition coefficient (Wildman–Crippen LogP) is 6.45. The van der Waals surface area contributed by atoms with Gasteiger partial charge in [-0.1, -0.05) is 42.8 Å². The molecule has 8 rings (SSSR count). The van der Waals surface area contributed by atoms with Crippen molar-refractivity contribution in [3.05, 3.63) is 70.8 Å². The highest BCUT2D eigenvalue weighted by Gasteiger charge is 2.54. The van der Waals surface area contributed by atoms with Crippen molar-refractivity contribution < 1.29 is 28.0 Å². The smallest absolute Gasteiger partial charge is 0.329 e. The molecule has 6 atom stereocenters. The standard InChI is InChI=1S/C41H54N4O6S/c1-27-10-14-34-29(17-27)8-6-16-41(34)25-44-21-31-11-13-33(31)36(50-4)9-5-7-28(2)22-52(48,42-38(46)30-12-15-37(51-26-41)35(44)18-30)43-39(47)45-23-40(24-45)19-32(20-40)49-3/h5,9-10,12,14-15,17-18,28,31-33,36H,6-8,11,13,16,19-26H2,1-4H3,(H,42,43,46,47,48)/b9-5+/t28-,31-,33+,36-,41-,52?/m0/s1. The van der Waals surface area contributed by atoms with E-state index in [0.717, 1.165) is 69.5 Å². The van der Waals surface area contributed by atoms with Crippen molar-refractivity contribution in [3.63, 3.8) is 0 Å². The molecule has 1 saturated heterocycles. The Kier molecular flexibility index (Phi) is 9.44. The number of carbonyl (C=O) groups excluding carboxylic acids is 2. The summed E-state index contributed by atoms with van der Waals surface area (Å²) in [5.41, 5.74) is 5.14. The first-order valence-corrected chi connectivity index (χ1v) is 20.9. The number of aryl methyl sites for hydroxylation is 2. The summed E-state index contributed by atoms with van der Waals surface area (Å²) in [6.45, 7) is 7.48. The van der Waals surface area contributed by atoms with Gasteiger partial charge in [-0.25, -0.2) is 9.00 Å². The van der Waals surface area contributed by atoms with Crippen LogP contribution in [0.4, 0.5) is 10.5 Å². The van der Waals surface area contributed by atoms with Crippen LogP contribution in [0.2, 0.25) is 0 Å². The quantitative estimate of drug-likeness (QED) is 0.362. The molecule has 11 heteroatoms. The van der Waals surface area contributed by atoms with Crippen LogP contribution in [0.1, 0.15) is 78.9 Å². The SMILES string of the molecule is COC1CC2(C1)CN(C(=O)NS1(=O)=NC(=O)c3ccc4c(c3)N(C[C@@H]3CC[C@H]3[C@@H](OC)/C=C/C[C@H](C)C1)C[C@@]1(CCCc3cc(C)ccc31)CO4)C2. The van der Waals surface area contributed by atoms with E-state index < -0.39 is 21.9 Å². The summed E-state index contributed by atoms with van der Waals surface area (Å²) < 4.78 is 39.9. The number of nitrogens with one attached hydrogen (secondary N) is 1. The summed E-state index contributed by atoms with van der Waals surface area (Å²) in [5, 5.41) is 0. The van der Waals surface area contributed by atoms with Crippen molar-refractivity contribution in [1.29, 1.82) is 0 Å². The number of hydrogen-bond donors (Lipinski definition) is 1. The zero-order chi connectivity index (χ0) is 36.3. The van der Waals surface area contributed by atoms with Crippen LogP contribution < -0.4 is 14.4 Å². The maximum atomic E-state index is 14.6. The van der Waals surface area contributed by atoms with Crippen LogP contribution in [-0.2, 0) is 31.2 Å². The predicted molar refractivity (Wildman–Crippen MR) is 202 cm³/mol.